The Labute approximate surface area is 166 Å². The van der Waals surface area contributed by atoms with E-state index in [2.05, 4.69) is 9.97 Å². The van der Waals surface area contributed by atoms with E-state index in [0.29, 0.717) is 34.9 Å². The summed E-state index contributed by atoms with van der Waals surface area (Å²) in [6.45, 7) is 0.905. The Kier molecular flexibility index (Phi) is 4.02. The van der Waals surface area contributed by atoms with Gasteiger partial charge in [-0.2, -0.15) is 9.97 Å². The lowest BCUT2D eigenvalue weighted by atomic mass is 9.91. The quantitative estimate of drug-likeness (QED) is 0.604. The lowest BCUT2D eigenvalue weighted by Crippen LogP contribution is -2.31. The minimum Gasteiger partial charge on any atom is -0.493 e. The van der Waals surface area contributed by atoms with Crippen molar-refractivity contribution in [3.05, 3.63) is 56.0 Å². The number of aromatic hydroxyl groups is 2. The van der Waals surface area contributed by atoms with Crippen LogP contribution in [0.4, 0.5) is 0 Å². The number of hydrogen-bond donors (Lipinski definition) is 2. The minimum atomic E-state index is -1.12. The van der Waals surface area contributed by atoms with E-state index in [9.17, 15) is 19.8 Å². The molecule has 0 amide bonds. The summed E-state index contributed by atoms with van der Waals surface area (Å²) in [7, 11) is 0. The van der Waals surface area contributed by atoms with Gasteiger partial charge in [0.25, 0.3) is 11.1 Å². The molecule has 5 heterocycles. The number of hydrogen-bond acceptors (Lipinski definition) is 9. The fourth-order valence-electron chi connectivity index (χ4n) is 3.54. The molecule has 0 unspecified atom stereocenters. The summed E-state index contributed by atoms with van der Waals surface area (Å²) < 4.78 is 8.40. The van der Waals surface area contributed by atoms with Crippen LogP contribution >= 0.6 is 23.5 Å². The maximum atomic E-state index is 13.1. The highest BCUT2D eigenvalue weighted by molar-refractivity contribution is 7.99. The molecule has 0 radical (unpaired) electrons. The molecule has 3 aromatic heterocycles. The molecule has 0 atom stereocenters. The van der Waals surface area contributed by atoms with Crippen molar-refractivity contribution in [2.75, 3.05) is 11.5 Å². The van der Waals surface area contributed by atoms with Crippen molar-refractivity contribution in [2.45, 2.75) is 29.3 Å². The molecule has 3 aromatic rings. The van der Waals surface area contributed by atoms with Gasteiger partial charge in [-0.15, -0.1) is 0 Å². The molecular weight excluding hydrogens is 404 g/mol. The van der Waals surface area contributed by atoms with E-state index in [-0.39, 0.29) is 16.9 Å². The predicted octanol–water partition coefficient (Wildman–Crippen LogP) is 1.20. The zero-order valence-corrected chi connectivity index (χ0v) is 16.0. The van der Waals surface area contributed by atoms with E-state index >= 15 is 0 Å². The fourth-order valence-corrected chi connectivity index (χ4v) is 5.41. The van der Waals surface area contributed by atoms with E-state index < -0.39 is 28.8 Å². The first kappa shape index (κ1) is 17.4. The van der Waals surface area contributed by atoms with Gasteiger partial charge >= 0.3 is 0 Å². The van der Waals surface area contributed by atoms with Crippen LogP contribution in [0.3, 0.4) is 0 Å². The van der Waals surface area contributed by atoms with Crippen molar-refractivity contribution in [2.24, 2.45) is 0 Å². The van der Waals surface area contributed by atoms with E-state index in [0.717, 1.165) is 0 Å². The lowest BCUT2D eigenvalue weighted by molar-refractivity contribution is 0.403. The topological polar surface area (TPSA) is 123 Å². The number of aromatic nitrogens is 4. The molecule has 28 heavy (non-hydrogen) atoms. The van der Waals surface area contributed by atoms with Gasteiger partial charge in [0.05, 0.1) is 23.3 Å². The summed E-state index contributed by atoms with van der Waals surface area (Å²) in [5.41, 5.74) is -1.15. The molecule has 0 fully saturated rings. The normalized spacial score (nSPS) is 15.2. The number of rotatable bonds is 3. The van der Waals surface area contributed by atoms with Crippen molar-refractivity contribution >= 4 is 23.5 Å². The maximum Gasteiger partial charge on any atom is 0.262 e. The highest BCUT2D eigenvalue weighted by Crippen LogP contribution is 2.38. The summed E-state index contributed by atoms with van der Waals surface area (Å²) in [5.74, 6) is -0.511. The van der Waals surface area contributed by atoms with Gasteiger partial charge < -0.3 is 14.6 Å². The molecule has 0 spiro atoms. The van der Waals surface area contributed by atoms with Crippen molar-refractivity contribution in [1.82, 2.24) is 19.1 Å². The number of furan rings is 1. The second-order valence-electron chi connectivity index (χ2n) is 6.32. The highest BCUT2D eigenvalue weighted by Gasteiger charge is 2.36. The average Bonchev–Trinajstić information content (AvgIpc) is 3.41. The molecule has 5 rings (SSSR count). The van der Waals surface area contributed by atoms with Crippen LogP contribution in [0.2, 0.25) is 0 Å². The average molecular weight is 418 g/mol. The first-order chi connectivity index (χ1) is 13.6. The summed E-state index contributed by atoms with van der Waals surface area (Å²) in [4.78, 5) is 34.5. The molecule has 0 aromatic carbocycles. The zero-order valence-electron chi connectivity index (χ0n) is 14.4. The Morgan fingerprint density at radius 3 is 1.96 bits per heavy atom. The monoisotopic (exact) mass is 418 g/mol. The first-order valence-corrected chi connectivity index (χ1v) is 10.5. The van der Waals surface area contributed by atoms with Crippen molar-refractivity contribution in [3.8, 4) is 11.8 Å². The first-order valence-electron chi connectivity index (χ1n) is 8.52. The van der Waals surface area contributed by atoms with E-state index in [4.69, 9.17) is 4.42 Å². The van der Waals surface area contributed by atoms with Gasteiger partial charge in [-0.3, -0.25) is 18.7 Å². The van der Waals surface area contributed by atoms with Crippen LogP contribution in [0.15, 0.2) is 42.7 Å². The number of nitrogens with zero attached hydrogens (tertiary/aromatic N) is 4. The van der Waals surface area contributed by atoms with Crippen molar-refractivity contribution < 1.29 is 14.6 Å². The Morgan fingerprint density at radius 1 is 0.964 bits per heavy atom. The molecule has 2 aliphatic rings. The van der Waals surface area contributed by atoms with Crippen LogP contribution in [0.25, 0.3) is 0 Å². The zero-order chi connectivity index (χ0) is 19.4. The molecule has 0 saturated heterocycles. The molecule has 2 aliphatic heterocycles. The number of thioether (sulfide) groups is 2. The van der Waals surface area contributed by atoms with Gasteiger partial charge in [-0.1, -0.05) is 23.5 Å². The van der Waals surface area contributed by atoms with E-state index in [1.54, 1.807) is 12.1 Å². The Balaban J connectivity index is 1.82. The van der Waals surface area contributed by atoms with Crippen molar-refractivity contribution in [1.29, 1.82) is 0 Å². The Hall–Kier alpha value is -2.66. The summed E-state index contributed by atoms with van der Waals surface area (Å²) >= 11 is 2.74. The summed E-state index contributed by atoms with van der Waals surface area (Å²) in [5, 5.41) is 22.0. The van der Waals surface area contributed by atoms with Gasteiger partial charge in [-0.05, 0) is 12.1 Å². The largest absolute Gasteiger partial charge is 0.493 e. The fraction of sp³-hybridized carbons (Fsp3) is 0.294. The standard InChI is InChI=1S/C17H14N4O5S2/c22-12-10(14(24)20-3-6-27-16(20)18-12)9(8-2-1-5-26-8)11-13(23)19-17-21(15(11)25)4-7-28-17/h1-2,5,9,22-23H,3-4,6-7H2. The molecule has 2 N–H and O–H groups in total. The maximum absolute atomic E-state index is 13.1. The Bertz CT molecular complexity index is 1120. The van der Waals surface area contributed by atoms with Crippen LogP contribution < -0.4 is 11.1 Å². The van der Waals surface area contributed by atoms with Gasteiger partial charge in [0, 0.05) is 24.6 Å². The lowest BCUT2D eigenvalue weighted by Gasteiger charge is -2.18. The van der Waals surface area contributed by atoms with Crippen LogP contribution in [-0.4, -0.2) is 40.8 Å². The van der Waals surface area contributed by atoms with Crippen LogP contribution in [0, 0.1) is 0 Å². The van der Waals surface area contributed by atoms with Crippen LogP contribution in [0.1, 0.15) is 22.8 Å². The third-order valence-electron chi connectivity index (χ3n) is 4.79. The molecule has 9 nitrogen and oxygen atoms in total. The molecule has 0 aliphatic carbocycles. The molecule has 0 saturated carbocycles. The molecule has 0 bridgehead atoms. The smallest absolute Gasteiger partial charge is 0.262 e. The highest BCUT2D eigenvalue weighted by atomic mass is 32.2. The second kappa shape index (κ2) is 6.45. The molecule has 144 valence electrons. The number of fused-ring (bicyclic) bond motifs is 2. The van der Waals surface area contributed by atoms with Gasteiger partial charge in [0.1, 0.15) is 5.76 Å². The minimum absolute atomic E-state index is 0.110. The summed E-state index contributed by atoms with van der Waals surface area (Å²) in [6, 6.07) is 3.20. The van der Waals surface area contributed by atoms with Gasteiger partial charge in [0.15, 0.2) is 10.3 Å². The summed E-state index contributed by atoms with van der Waals surface area (Å²) in [6.07, 6.45) is 1.40. The Morgan fingerprint density at radius 2 is 1.50 bits per heavy atom. The second-order valence-corrected chi connectivity index (χ2v) is 8.45. The van der Waals surface area contributed by atoms with E-state index in [1.165, 1.54) is 38.9 Å². The third-order valence-corrected chi connectivity index (χ3v) is 6.71. The predicted molar refractivity (Wildman–Crippen MR) is 101 cm³/mol. The van der Waals surface area contributed by atoms with Gasteiger partial charge in [-0.25, -0.2) is 0 Å². The molecule has 11 heteroatoms. The van der Waals surface area contributed by atoms with E-state index in [1.807, 2.05) is 0 Å². The van der Waals surface area contributed by atoms with Crippen molar-refractivity contribution in [3.63, 3.8) is 0 Å². The van der Waals surface area contributed by atoms with Crippen LogP contribution in [-0.2, 0) is 13.1 Å². The SMILES string of the molecule is O=c1c(C(c2ccco2)c2c(O)nc3n(c2=O)CCS3)c(O)nc2n1CCS2. The van der Waals surface area contributed by atoms with Gasteiger partial charge in [0.2, 0.25) is 11.8 Å². The molecular formula is C17H14N4O5S2. The van der Waals surface area contributed by atoms with Crippen LogP contribution in [0.5, 0.6) is 11.8 Å². The third kappa shape index (κ3) is 2.49.